The summed E-state index contributed by atoms with van der Waals surface area (Å²) in [6, 6.07) is 8.16. The Labute approximate surface area is 131 Å². The number of anilines is 1. The zero-order chi connectivity index (χ0) is 15.5. The number of nitrogens with zero attached hydrogens (tertiary/aromatic N) is 3. The molecule has 1 N–H and O–H groups in total. The molecule has 3 rings (SSSR count). The van der Waals surface area contributed by atoms with Gasteiger partial charge in [0.2, 0.25) is 5.91 Å². The molecule has 1 aromatic heterocycles. The van der Waals surface area contributed by atoms with Gasteiger partial charge in [-0.2, -0.15) is 0 Å². The quantitative estimate of drug-likeness (QED) is 0.937. The molecule has 2 aromatic rings. The lowest BCUT2D eigenvalue weighted by Crippen LogP contribution is -2.35. The smallest absolute Gasteiger partial charge is 0.223 e. The van der Waals surface area contributed by atoms with Gasteiger partial charge in [0.15, 0.2) is 0 Å². The molecule has 1 unspecified atom stereocenters. The number of fused-ring (bicyclic) bond motifs is 1. The van der Waals surface area contributed by atoms with E-state index in [2.05, 4.69) is 31.9 Å². The summed E-state index contributed by atoms with van der Waals surface area (Å²) in [5.74, 6) is 0.191. The Hall–Kier alpha value is -2.30. The van der Waals surface area contributed by atoms with Crippen LogP contribution in [0.1, 0.15) is 17.7 Å². The molecule has 0 saturated carbocycles. The van der Waals surface area contributed by atoms with Crippen molar-refractivity contribution in [2.75, 3.05) is 19.0 Å². The lowest BCUT2D eigenvalue weighted by molar-refractivity contribution is -0.125. The number of nitrogens with one attached hydrogen (secondary N) is 1. The zero-order valence-electron chi connectivity index (χ0n) is 13.1. The molecular formula is C17H22N4O. The van der Waals surface area contributed by atoms with Crippen LogP contribution < -0.4 is 10.2 Å². The number of amides is 1. The van der Waals surface area contributed by atoms with Crippen LogP contribution in [0.5, 0.6) is 0 Å². The fourth-order valence-corrected chi connectivity index (χ4v) is 3.02. The van der Waals surface area contributed by atoms with Gasteiger partial charge in [-0.25, -0.2) is 4.98 Å². The Morgan fingerprint density at radius 1 is 1.41 bits per heavy atom. The van der Waals surface area contributed by atoms with E-state index in [0.29, 0.717) is 6.54 Å². The molecule has 1 aliphatic heterocycles. The van der Waals surface area contributed by atoms with Crippen molar-refractivity contribution in [3.05, 3.63) is 48.0 Å². The highest BCUT2D eigenvalue weighted by Gasteiger charge is 2.24. The molecule has 2 heterocycles. The molecule has 1 amide bonds. The van der Waals surface area contributed by atoms with Crippen LogP contribution in [-0.4, -0.2) is 29.6 Å². The van der Waals surface area contributed by atoms with E-state index in [-0.39, 0.29) is 11.8 Å². The van der Waals surface area contributed by atoms with E-state index in [4.69, 9.17) is 0 Å². The van der Waals surface area contributed by atoms with Crippen molar-refractivity contribution in [1.82, 2.24) is 14.9 Å². The third kappa shape index (κ3) is 2.98. The molecule has 5 nitrogen and oxygen atoms in total. The first-order valence-corrected chi connectivity index (χ1v) is 7.67. The summed E-state index contributed by atoms with van der Waals surface area (Å²) in [7, 11) is 4.03. The van der Waals surface area contributed by atoms with Gasteiger partial charge >= 0.3 is 0 Å². The van der Waals surface area contributed by atoms with E-state index in [1.807, 2.05) is 38.8 Å². The first-order chi connectivity index (χ1) is 10.6. The van der Waals surface area contributed by atoms with Gasteiger partial charge in [0.1, 0.15) is 0 Å². The number of rotatable bonds is 4. The minimum atomic E-state index is 0.0516. The van der Waals surface area contributed by atoms with Crippen LogP contribution in [0.4, 0.5) is 5.69 Å². The fraction of sp³-hybridized carbons (Fsp3) is 0.412. The fourth-order valence-electron chi connectivity index (χ4n) is 3.02. The summed E-state index contributed by atoms with van der Waals surface area (Å²) in [6.07, 6.45) is 5.36. The lowest BCUT2D eigenvalue weighted by atomic mass is 9.95. The van der Waals surface area contributed by atoms with Crippen LogP contribution in [0.25, 0.3) is 0 Å². The van der Waals surface area contributed by atoms with E-state index in [1.54, 1.807) is 0 Å². The molecule has 0 fully saturated rings. The normalized spacial score (nSPS) is 16.9. The molecule has 1 atom stereocenters. The lowest BCUT2D eigenvalue weighted by Gasteiger charge is -2.23. The summed E-state index contributed by atoms with van der Waals surface area (Å²) < 4.78 is 2.13. The Bertz CT molecular complexity index is 662. The van der Waals surface area contributed by atoms with E-state index >= 15 is 0 Å². The Balaban J connectivity index is 1.62. The maximum atomic E-state index is 12.4. The second-order valence-electron chi connectivity index (χ2n) is 6.01. The van der Waals surface area contributed by atoms with Gasteiger partial charge in [-0.1, -0.05) is 18.2 Å². The third-order valence-electron chi connectivity index (χ3n) is 4.27. The summed E-state index contributed by atoms with van der Waals surface area (Å²) in [6.45, 7) is 1.45. The summed E-state index contributed by atoms with van der Waals surface area (Å²) in [5.41, 5.74) is 3.44. The van der Waals surface area contributed by atoms with Crippen LogP contribution in [0, 0.1) is 5.92 Å². The highest BCUT2D eigenvalue weighted by atomic mass is 16.1. The van der Waals surface area contributed by atoms with Crippen LogP contribution in [0.2, 0.25) is 0 Å². The van der Waals surface area contributed by atoms with Crippen LogP contribution >= 0.6 is 0 Å². The molecule has 1 aliphatic rings. The van der Waals surface area contributed by atoms with Crippen molar-refractivity contribution >= 4 is 11.6 Å². The number of imidazole rings is 1. The summed E-state index contributed by atoms with van der Waals surface area (Å²) >= 11 is 0. The number of para-hydroxylation sites is 1. The van der Waals surface area contributed by atoms with Crippen molar-refractivity contribution in [3.63, 3.8) is 0 Å². The number of carbonyl (C=O) groups is 1. The first-order valence-electron chi connectivity index (χ1n) is 7.67. The predicted octanol–water partition coefficient (Wildman–Crippen LogP) is 1.83. The van der Waals surface area contributed by atoms with E-state index in [0.717, 1.165) is 36.3 Å². The van der Waals surface area contributed by atoms with Crippen molar-refractivity contribution in [2.45, 2.75) is 25.9 Å². The first kappa shape index (κ1) is 14.6. The minimum Gasteiger partial charge on any atom is -0.377 e. The monoisotopic (exact) mass is 298 g/mol. The molecular weight excluding hydrogens is 276 g/mol. The van der Waals surface area contributed by atoms with Gasteiger partial charge in [-0.05, 0) is 18.1 Å². The highest BCUT2D eigenvalue weighted by Crippen LogP contribution is 2.21. The number of hydrogen-bond donors (Lipinski definition) is 1. The van der Waals surface area contributed by atoms with Gasteiger partial charge in [0.05, 0.1) is 6.33 Å². The second kappa shape index (κ2) is 6.22. The number of aromatic nitrogens is 2. The number of carbonyl (C=O) groups excluding carboxylic acids is 1. The Kier molecular flexibility index (Phi) is 4.13. The van der Waals surface area contributed by atoms with Crippen molar-refractivity contribution in [2.24, 2.45) is 5.92 Å². The maximum Gasteiger partial charge on any atom is 0.223 e. The minimum absolute atomic E-state index is 0.0516. The predicted molar refractivity (Wildman–Crippen MR) is 86.7 cm³/mol. The molecule has 5 heteroatoms. The topological polar surface area (TPSA) is 50.2 Å². The number of benzene rings is 1. The van der Waals surface area contributed by atoms with E-state index in [9.17, 15) is 4.79 Å². The highest BCUT2D eigenvalue weighted by molar-refractivity contribution is 5.79. The van der Waals surface area contributed by atoms with Gasteiger partial charge in [-0.3, -0.25) is 4.79 Å². The zero-order valence-corrected chi connectivity index (χ0v) is 13.1. The SMILES string of the molecule is CN(C)c1ccccc1CNC(=O)C1CCn2cncc2C1. The molecule has 1 aromatic carbocycles. The van der Waals surface area contributed by atoms with Gasteiger partial charge in [0.25, 0.3) is 0 Å². The van der Waals surface area contributed by atoms with Crippen LogP contribution in [0.3, 0.4) is 0 Å². The van der Waals surface area contributed by atoms with Gasteiger partial charge in [0, 0.05) is 57.1 Å². The third-order valence-corrected chi connectivity index (χ3v) is 4.27. The molecule has 0 aliphatic carbocycles. The Morgan fingerprint density at radius 3 is 3.05 bits per heavy atom. The molecule has 116 valence electrons. The largest absolute Gasteiger partial charge is 0.377 e. The van der Waals surface area contributed by atoms with Crippen LogP contribution in [-0.2, 0) is 24.3 Å². The Morgan fingerprint density at radius 2 is 2.23 bits per heavy atom. The van der Waals surface area contributed by atoms with Crippen molar-refractivity contribution in [3.8, 4) is 0 Å². The molecule has 0 radical (unpaired) electrons. The average molecular weight is 298 g/mol. The standard InChI is InChI=1S/C17H22N4O/c1-20(2)16-6-4-3-5-14(16)10-19-17(22)13-7-8-21-12-18-11-15(21)9-13/h3-6,11-13H,7-10H2,1-2H3,(H,19,22). The maximum absolute atomic E-state index is 12.4. The van der Waals surface area contributed by atoms with E-state index < -0.39 is 0 Å². The number of hydrogen-bond acceptors (Lipinski definition) is 3. The molecule has 0 saturated heterocycles. The van der Waals surface area contributed by atoms with Crippen LogP contribution in [0.15, 0.2) is 36.8 Å². The second-order valence-corrected chi connectivity index (χ2v) is 6.01. The number of aryl methyl sites for hydroxylation is 1. The molecule has 0 bridgehead atoms. The summed E-state index contributed by atoms with van der Waals surface area (Å²) in [4.78, 5) is 18.6. The molecule has 22 heavy (non-hydrogen) atoms. The average Bonchev–Trinajstić information content (AvgIpc) is 3.00. The van der Waals surface area contributed by atoms with Crippen molar-refractivity contribution < 1.29 is 4.79 Å². The summed E-state index contributed by atoms with van der Waals surface area (Å²) in [5, 5.41) is 3.09. The van der Waals surface area contributed by atoms with Crippen molar-refractivity contribution in [1.29, 1.82) is 0 Å². The molecule has 0 spiro atoms. The van der Waals surface area contributed by atoms with Gasteiger partial charge < -0.3 is 14.8 Å². The van der Waals surface area contributed by atoms with E-state index in [1.165, 1.54) is 0 Å². The van der Waals surface area contributed by atoms with Gasteiger partial charge in [-0.15, -0.1) is 0 Å².